The Hall–Kier alpha value is -8.05. The van der Waals surface area contributed by atoms with E-state index in [-0.39, 0.29) is 28.7 Å². The molecule has 2 saturated heterocycles. The van der Waals surface area contributed by atoms with Crippen LogP contribution >= 0.6 is 0 Å². The minimum absolute atomic E-state index is 0.0158. The zero-order chi connectivity index (χ0) is 52.0. The molecule has 0 amide bonds. The van der Waals surface area contributed by atoms with Crippen LogP contribution in [0, 0.1) is 0 Å². The van der Waals surface area contributed by atoms with Crippen LogP contribution in [0.5, 0.6) is 28.7 Å². The highest BCUT2D eigenvalue weighted by molar-refractivity contribution is 5.89. The maximum atomic E-state index is 13.6. The lowest BCUT2D eigenvalue weighted by molar-refractivity contribution is -0.383. The molecule has 0 unspecified atom stereocenters. The Balaban J connectivity index is 1.32. The van der Waals surface area contributed by atoms with E-state index in [0.717, 1.165) is 31.2 Å². The number of rotatable bonds is 19. The van der Waals surface area contributed by atoms with Gasteiger partial charge in [-0.2, -0.15) is 0 Å². The van der Waals surface area contributed by atoms with Gasteiger partial charge in [-0.15, -0.1) is 0 Å². The number of aromatic hydroxyl groups is 4. The van der Waals surface area contributed by atoms with Crippen LogP contribution in [0.4, 0.5) is 0 Å². The fourth-order valence-corrected chi connectivity index (χ4v) is 7.06. The summed E-state index contributed by atoms with van der Waals surface area (Å²) in [5, 5.41) is 73.4. The first-order chi connectivity index (χ1) is 34.4. The Labute approximate surface area is 410 Å². The standard InChI is InChI=1S/C51H50O21/c1-29(52)68-48-47(63)45(61)39(26-65-42(58)23-13-33-9-20-37(56)38(25-33)64-2)69-50(48)72-51(28-67-43(59)22-11-31-5-16-35(54)17-6-31)49(70-44(60)24-12-32-7-18-36(55)19-8-32)46(62)40(71-51)27-66-41(57)21-10-30-3-14-34(53)15-4-30/h3-25,39-40,45-50,53-56,61-63H,26-28H2,1-2H3/b21-10+,22-11+,23-13-,24-12+/t39-,40-,45-,46-,47+,48-,49+,50+,51+/m1/s1. The summed E-state index contributed by atoms with van der Waals surface area (Å²) in [5.41, 5.74) is 1.80. The van der Waals surface area contributed by atoms with Gasteiger partial charge in [0.15, 0.2) is 23.7 Å². The fraction of sp³-hybridized carbons (Fsp3) is 0.275. The van der Waals surface area contributed by atoms with Gasteiger partial charge >= 0.3 is 29.8 Å². The number of hydrogen-bond acceptors (Lipinski definition) is 21. The van der Waals surface area contributed by atoms with Crippen LogP contribution in [0.1, 0.15) is 29.2 Å². The summed E-state index contributed by atoms with van der Waals surface area (Å²) < 4.78 is 50.9. The SMILES string of the molecule is COc1cc(/C=C\C(=O)OC[C@H]2O[C@@H](O[C@]3(COC(=O)/C=C/c4ccc(O)cc4)O[C@H](COC(=O)/C=C/c4ccc(O)cc4)[C@@H](O)[C@@H]3OC(=O)/C=C/c3ccc(O)cc3)[C@H](OC(C)=O)[C@@H](O)[C@@H]2O)ccc1O. The van der Waals surface area contributed by atoms with Crippen molar-refractivity contribution in [3.8, 4) is 28.7 Å². The largest absolute Gasteiger partial charge is 0.508 e. The predicted octanol–water partition coefficient (Wildman–Crippen LogP) is 3.06. The van der Waals surface area contributed by atoms with Crippen LogP contribution in [-0.2, 0) is 61.9 Å². The summed E-state index contributed by atoms with van der Waals surface area (Å²) in [6, 6.07) is 21.4. The van der Waals surface area contributed by atoms with E-state index in [1.165, 1.54) is 122 Å². The lowest BCUT2D eigenvalue weighted by Crippen LogP contribution is -2.64. The Morgan fingerprint density at radius 3 is 1.53 bits per heavy atom. The number of carbonyl (C=O) groups excluding carboxylic acids is 5. The van der Waals surface area contributed by atoms with Gasteiger partial charge in [0.25, 0.3) is 0 Å². The molecule has 2 fully saturated rings. The summed E-state index contributed by atoms with van der Waals surface area (Å²) in [5.74, 6) is -8.06. The predicted molar refractivity (Wildman–Crippen MR) is 249 cm³/mol. The Bertz CT molecular complexity index is 2640. The first-order valence-electron chi connectivity index (χ1n) is 21.8. The quantitative estimate of drug-likeness (QED) is 0.0403. The van der Waals surface area contributed by atoms with Gasteiger partial charge in [-0.1, -0.05) is 42.5 Å². The molecule has 72 heavy (non-hydrogen) atoms. The molecule has 0 radical (unpaired) electrons. The van der Waals surface area contributed by atoms with Crippen molar-refractivity contribution in [1.29, 1.82) is 0 Å². The van der Waals surface area contributed by atoms with Crippen LogP contribution in [0.15, 0.2) is 115 Å². The minimum atomic E-state index is -2.73. The third kappa shape index (κ3) is 14.7. The molecular formula is C51H50O21. The molecular weight excluding hydrogens is 949 g/mol. The lowest BCUT2D eigenvalue weighted by atomic mass is 9.98. The van der Waals surface area contributed by atoms with E-state index in [2.05, 4.69) is 0 Å². The van der Waals surface area contributed by atoms with E-state index in [1.54, 1.807) is 0 Å². The monoisotopic (exact) mass is 998 g/mol. The van der Waals surface area contributed by atoms with Crippen molar-refractivity contribution in [2.75, 3.05) is 26.9 Å². The molecule has 0 aromatic heterocycles. The second-order valence-electron chi connectivity index (χ2n) is 15.9. The van der Waals surface area contributed by atoms with Crippen LogP contribution in [0.2, 0.25) is 0 Å². The molecule has 4 aromatic carbocycles. The third-order valence-corrected chi connectivity index (χ3v) is 10.7. The minimum Gasteiger partial charge on any atom is -0.508 e. The average molecular weight is 999 g/mol. The van der Waals surface area contributed by atoms with Crippen LogP contribution < -0.4 is 4.74 Å². The summed E-state index contributed by atoms with van der Waals surface area (Å²) in [7, 11) is 1.33. The maximum absolute atomic E-state index is 13.6. The highest BCUT2D eigenvalue weighted by Crippen LogP contribution is 2.40. The third-order valence-electron chi connectivity index (χ3n) is 10.7. The topological polar surface area (TPSA) is 310 Å². The highest BCUT2D eigenvalue weighted by atomic mass is 16.8. The molecule has 6 rings (SSSR count). The molecule has 0 aliphatic carbocycles. The number of aliphatic hydroxyl groups is 3. The molecule has 380 valence electrons. The van der Waals surface area contributed by atoms with E-state index < -0.39 is 104 Å². The van der Waals surface area contributed by atoms with Crippen molar-refractivity contribution < 1.29 is 102 Å². The number of aliphatic hydroxyl groups excluding tert-OH is 3. The second-order valence-corrected chi connectivity index (χ2v) is 15.9. The number of carbonyl (C=O) groups is 5. The molecule has 2 aliphatic heterocycles. The first-order valence-corrected chi connectivity index (χ1v) is 21.8. The van der Waals surface area contributed by atoms with Gasteiger partial charge in [0.2, 0.25) is 12.1 Å². The van der Waals surface area contributed by atoms with Crippen molar-refractivity contribution in [3.63, 3.8) is 0 Å². The molecule has 7 N–H and O–H groups in total. The second kappa shape index (κ2) is 24.7. The maximum Gasteiger partial charge on any atom is 0.331 e. The van der Waals surface area contributed by atoms with E-state index >= 15 is 0 Å². The summed E-state index contributed by atoms with van der Waals surface area (Å²) >= 11 is 0. The summed E-state index contributed by atoms with van der Waals surface area (Å²) in [4.78, 5) is 65.3. The Morgan fingerprint density at radius 2 is 1.03 bits per heavy atom. The number of phenolic OH excluding ortho intramolecular Hbond substituents is 4. The average Bonchev–Trinajstić information content (AvgIpc) is 3.61. The summed E-state index contributed by atoms with van der Waals surface area (Å²) in [6.45, 7) is -1.69. The Morgan fingerprint density at radius 1 is 0.569 bits per heavy atom. The molecule has 0 saturated carbocycles. The van der Waals surface area contributed by atoms with E-state index in [0.29, 0.717) is 22.3 Å². The molecule has 21 heteroatoms. The van der Waals surface area contributed by atoms with Crippen LogP contribution in [0.25, 0.3) is 24.3 Å². The van der Waals surface area contributed by atoms with Crippen molar-refractivity contribution in [3.05, 3.63) is 138 Å². The number of ether oxygens (including phenoxy) is 9. The number of hydrogen-bond donors (Lipinski definition) is 7. The first kappa shape index (κ1) is 53.3. The number of methoxy groups -OCH3 is 1. The van der Waals surface area contributed by atoms with Gasteiger partial charge in [0.1, 0.15) is 67.6 Å². The number of esters is 5. The molecule has 21 nitrogen and oxygen atoms in total. The zero-order valence-electron chi connectivity index (χ0n) is 38.4. The Kier molecular flexibility index (Phi) is 18.3. The molecule has 0 spiro atoms. The van der Waals surface area contributed by atoms with Crippen molar-refractivity contribution in [1.82, 2.24) is 0 Å². The van der Waals surface area contributed by atoms with E-state index in [4.69, 9.17) is 42.6 Å². The molecule has 0 bridgehead atoms. The molecule has 2 heterocycles. The van der Waals surface area contributed by atoms with Crippen LogP contribution in [-0.4, -0.2) is 147 Å². The summed E-state index contributed by atoms with van der Waals surface area (Å²) in [6.07, 6.45) is -6.22. The van der Waals surface area contributed by atoms with Gasteiger partial charge in [0, 0.05) is 31.2 Å². The van der Waals surface area contributed by atoms with Crippen LogP contribution in [0.3, 0.4) is 0 Å². The van der Waals surface area contributed by atoms with Crippen molar-refractivity contribution >= 4 is 54.2 Å². The van der Waals surface area contributed by atoms with Crippen molar-refractivity contribution in [2.45, 2.75) is 61.7 Å². The molecule has 2 aliphatic rings. The smallest absolute Gasteiger partial charge is 0.331 e. The molecule has 4 aromatic rings. The van der Waals surface area contributed by atoms with E-state index in [9.17, 15) is 59.7 Å². The van der Waals surface area contributed by atoms with Crippen molar-refractivity contribution in [2.24, 2.45) is 0 Å². The number of phenols is 4. The zero-order valence-corrected chi connectivity index (χ0v) is 38.4. The van der Waals surface area contributed by atoms with Gasteiger partial charge in [-0.25, -0.2) is 19.2 Å². The lowest BCUT2D eigenvalue weighted by Gasteiger charge is -2.44. The normalized spacial score (nSPS) is 24.1. The molecule has 9 atom stereocenters. The van der Waals surface area contributed by atoms with Gasteiger partial charge in [-0.3, -0.25) is 4.79 Å². The van der Waals surface area contributed by atoms with Gasteiger partial charge < -0.3 is 78.4 Å². The van der Waals surface area contributed by atoms with E-state index in [1.807, 2.05) is 0 Å². The van der Waals surface area contributed by atoms with Gasteiger partial charge in [0.05, 0.1) is 7.11 Å². The number of benzene rings is 4. The fourth-order valence-electron chi connectivity index (χ4n) is 7.06. The highest BCUT2D eigenvalue weighted by Gasteiger charge is 2.62. The van der Waals surface area contributed by atoms with Gasteiger partial charge in [-0.05, 0) is 95.1 Å².